The van der Waals surface area contributed by atoms with Crippen molar-refractivity contribution < 1.29 is 0 Å². The van der Waals surface area contributed by atoms with Gasteiger partial charge >= 0.3 is 0 Å². The van der Waals surface area contributed by atoms with Crippen molar-refractivity contribution >= 4 is 0 Å². The topological polar surface area (TPSA) is 15.3 Å². The lowest BCUT2D eigenvalue weighted by atomic mass is 10.1. The lowest BCUT2D eigenvalue weighted by Gasteiger charge is -2.32. The molecule has 0 amide bonds. The number of likely N-dealkylation sites (N-methyl/N-ethyl adjacent to an activating group) is 1. The fraction of sp³-hybridized carbons (Fsp3) is 1.00. The molecule has 2 aliphatic rings. The molecule has 2 rings (SSSR count). The van der Waals surface area contributed by atoms with Gasteiger partial charge in [-0.1, -0.05) is 12.8 Å². The maximum absolute atomic E-state index is 3.73. The van der Waals surface area contributed by atoms with Crippen molar-refractivity contribution in [2.24, 2.45) is 5.92 Å². The Bertz CT molecular complexity index is 207. The zero-order valence-corrected chi connectivity index (χ0v) is 11.2. The third-order valence-corrected chi connectivity index (χ3v) is 4.70. The maximum atomic E-state index is 3.73. The highest BCUT2D eigenvalue weighted by Crippen LogP contribution is 2.35. The third kappa shape index (κ3) is 3.21. The Hall–Kier alpha value is -0.0800. The summed E-state index contributed by atoms with van der Waals surface area (Å²) in [6, 6.07) is 2.27. The summed E-state index contributed by atoms with van der Waals surface area (Å²) in [6.45, 7) is 5.92. The molecule has 2 nitrogen and oxygen atoms in total. The summed E-state index contributed by atoms with van der Waals surface area (Å²) in [5.74, 6) is 0.985. The number of nitrogens with zero attached hydrogens (tertiary/aromatic N) is 1. The van der Waals surface area contributed by atoms with E-state index in [0.717, 1.165) is 24.5 Å². The molecule has 16 heavy (non-hydrogen) atoms. The summed E-state index contributed by atoms with van der Waals surface area (Å²) in [4.78, 5) is 2.57. The van der Waals surface area contributed by atoms with Crippen LogP contribution in [-0.4, -0.2) is 36.6 Å². The average molecular weight is 224 g/mol. The first-order chi connectivity index (χ1) is 7.68. The second-order valence-electron chi connectivity index (χ2n) is 5.98. The summed E-state index contributed by atoms with van der Waals surface area (Å²) in [5, 5.41) is 3.73. The Morgan fingerprint density at radius 3 is 2.31 bits per heavy atom. The van der Waals surface area contributed by atoms with Crippen LogP contribution in [0.15, 0.2) is 0 Å². The maximum Gasteiger partial charge on any atom is 0.0192 e. The van der Waals surface area contributed by atoms with Crippen LogP contribution >= 0.6 is 0 Å². The number of rotatable bonds is 6. The monoisotopic (exact) mass is 224 g/mol. The van der Waals surface area contributed by atoms with E-state index in [1.54, 1.807) is 0 Å². The van der Waals surface area contributed by atoms with Crippen LogP contribution < -0.4 is 5.32 Å². The van der Waals surface area contributed by atoms with Gasteiger partial charge in [0.15, 0.2) is 0 Å². The van der Waals surface area contributed by atoms with Crippen molar-refractivity contribution in [3.05, 3.63) is 0 Å². The van der Waals surface area contributed by atoms with Gasteiger partial charge in [-0.15, -0.1) is 0 Å². The highest BCUT2D eigenvalue weighted by Gasteiger charge is 2.32. The van der Waals surface area contributed by atoms with E-state index in [-0.39, 0.29) is 0 Å². The van der Waals surface area contributed by atoms with Crippen LogP contribution in [0.25, 0.3) is 0 Å². The SMILES string of the molecule is CC(CNC1CCCC1)N(C)C(C)C1CC1. The molecule has 0 aromatic carbocycles. The first kappa shape index (κ1) is 12.4. The minimum atomic E-state index is 0.677. The summed E-state index contributed by atoms with van der Waals surface area (Å²) in [5.41, 5.74) is 0. The molecule has 0 spiro atoms. The smallest absolute Gasteiger partial charge is 0.0192 e. The quantitative estimate of drug-likeness (QED) is 0.746. The first-order valence-corrected chi connectivity index (χ1v) is 7.14. The van der Waals surface area contributed by atoms with E-state index in [1.165, 1.54) is 38.5 Å². The van der Waals surface area contributed by atoms with Crippen molar-refractivity contribution in [3.8, 4) is 0 Å². The van der Waals surface area contributed by atoms with Crippen LogP contribution in [0, 0.1) is 5.92 Å². The molecule has 0 saturated heterocycles. The number of hydrogen-bond donors (Lipinski definition) is 1. The van der Waals surface area contributed by atoms with Crippen LogP contribution in [0.4, 0.5) is 0 Å². The van der Waals surface area contributed by atoms with Crippen molar-refractivity contribution in [1.82, 2.24) is 10.2 Å². The molecule has 2 atom stereocenters. The summed E-state index contributed by atoms with van der Waals surface area (Å²) >= 11 is 0. The fourth-order valence-electron chi connectivity index (χ4n) is 2.92. The van der Waals surface area contributed by atoms with E-state index in [1.807, 2.05) is 0 Å². The molecule has 0 aromatic heterocycles. The standard InChI is InChI=1S/C14H28N2/c1-11(10-15-14-6-4-5-7-14)16(3)12(2)13-8-9-13/h11-15H,4-10H2,1-3H3. The van der Waals surface area contributed by atoms with Gasteiger partial charge in [0.05, 0.1) is 0 Å². The average Bonchev–Trinajstić information content (AvgIpc) is 3.01. The molecule has 2 fully saturated rings. The van der Waals surface area contributed by atoms with E-state index in [9.17, 15) is 0 Å². The minimum absolute atomic E-state index is 0.677. The van der Waals surface area contributed by atoms with Gasteiger partial charge in [-0.05, 0) is 52.5 Å². The molecule has 2 aliphatic carbocycles. The Kier molecular flexibility index (Phi) is 4.26. The predicted molar refractivity (Wildman–Crippen MR) is 69.7 cm³/mol. The highest BCUT2D eigenvalue weighted by atomic mass is 15.2. The molecule has 1 N–H and O–H groups in total. The third-order valence-electron chi connectivity index (χ3n) is 4.70. The van der Waals surface area contributed by atoms with Gasteiger partial charge < -0.3 is 5.32 Å². The van der Waals surface area contributed by atoms with Crippen molar-refractivity contribution in [3.63, 3.8) is 0 Å². The zero-order valence-electron chi connectivity index (χ0n) is 11.2. The number of nitrogens with one attached hydrogen (secondary N) is 1. The Morgan fingerprint density at radius 2 is 1.75 bits per heavy atom. The lowest BCUT2D eigenvalue weighted by Crippen LogP contribution is -2.45. The van der Waals surface area contributed by atoms with E-state index >= 15 is 0 Å². The zero-order chi connectivity index (χ0) is 11.5. The minimum Gasteiger partial charge on any atom is -0.312 e. The Morgan fingerprint density at radius 1 is 1.12 bits per heavy atom. The van der Waals surface area contributed by atoms with Gasteiger partial charge in [0.2, 0.25) is 0 Å². The molecule has 94 valence electrons. The van der Waals surface area contributed by atoms with Gasteiger partial charge in [-0.2, -0.15) is 0 Å². The summed E-state index contributed by atoms with van der Waals surface area (Å²) in [7, 11) is 2.30. The van der Waals surface area contributed by atoms with Crippen molar-refractivity contribution in [2.45, 2.75) is 70.5 Å². The summed E-state index contributed by atoms with van der Waals surface area (Å²) < 4.78 is 0. The van der Waals surface area contributed by atoms with E-state index in [2.05, 4.69) is 31.1 Å². The van der Waals surface area contributed by atoms with Crippen LogP contribution in [0.1, 0.15) is 52.4 Å². The van der Waals surface area contributed by atoms with Crippen LogP contribution in [0.5, 0.6) is 0 Å². The van der Waals surface area contributed by atoms with Crippen LogP contribution in [-0.2, 0) is 0 Å². The van der Waals surface area contributed by atoms with Crippen molar-refractivity contribution in [1.29, 1.82) is 0 Å². The molecule has 0 bridgehead atoms. The molecule has 0 aliphatic heterocycles. The molecular weight excluding hydrogens is 196 g/mol. The molecule has 2 unspecified atom stereocenters. The first-order valence-electron chi connectivity index (χ1n) is 7.14. The molecule has 0 aromatic rings. The number of hydrogen-bond acceptors (Lipinski definition) is 2. The van der Waals surface area contributed by atoms with E-state index in [4.69, 9.17) is 0 Å². The predicted octanol–water partition coefficient (Wildman–Crippen LogP) is 2.64. The molecular formula is C14H28N2. The van der Waals surface area contributed by atoms with Gasteiger partial charge in [-0.3, -0.25) is 4.90 Å². The highest BCUT2D eigenvalue weighted by molar-refractivity contribution is 4.86. The van der Waals surface area contributed by atoms with Crippen LogP contribution in [0.3, 0.4) is 0 Å². The largest absolute Gasteiger partial charge is 0.312 e. The molecule has 0 heterocycles. The van der Waals surface area contributed by atoms with E-state index in [0.29, 0.717) is 6.04 Å². The van der Waals surface area contributed by atoms with Crippen LogP contribution in [0.2, 0.25) is 0 Å². The summed E-state index contributed by atoms with van der Waals surface area (Å²) in [6.07, 6.45) is 8.56. The Labute approximate surface area is 101 Å². The van der Waals surface area contributed by atoms with Crippen molar-refractivity contribution in [2.75, 3.05) is 13.6 Å². The van der Waals surface area contributed by atoms with E-state index < -0.39 is 0 Å². The van der Waals surface area contributed by atoms with Gasteiger partial charge in [0.1, 0.15) is 0 Å². The Balaban J connectivity index is 1.67. The van der Waals surface area contributed by atoms with Gasteiger partial charge in [0, 0.05) is 24.7 Å². The van der Waals surface area contributed by atoms with Gasteiger partial charge in [0.25, 0.3) is 0 Å². The fourth-order valence-corrected chi connectivity index (χ4v) is 2.92. The molecule has 0 radical (unpaired) electrons. The lowest BCUT2D eigenvalue weighted by molar-refractivity contribution is 0.171. The second-order valence-corrected chi connectivity index (χ2v) is 5.98. The molecule has 2 saturated carbocycles. The molecule has 2 heteroatoms. The normalized spacial score (nSPS) is 26.2. The van der Waals surface area contributed by atoms with Gasteiger partial charge in [-0.25, -0.2) is 0 Å². The second kappa shape index (κ2) is 5.50.